The predicted molar refractivity (Wildman–Crippen MR) is 77.2 cm³/mol. The van der Waals surface area contributed by atoms with Gasteiger partial charge >= 0.3 is 0 Å². The van der Waals surface area contributed by atoms with Crippen LogP contribution in [0.1, 0.15) is 18.9 Å². The summed E-state index contributed by atoms with van der Waals surface area (Å²) < 4.78 is 10.5. The van der Waals surface area contributed by atoms with E-state index in [1.165, 1.54) is 0 Å². The maximum absolute atomic E-state index is 12.0. The van der Waals surface area contributed by atoms with Crippen molar-refractivity contribution in [1.29, 1.82) is 0 Å². The van der Waals surface area contributed by atoms with Crippen molar-refractivity contribution >= 4 is 5.91 Å². The summed E-state index contributed by atoms with van der Waals surface area (Å²) in [7, 11) is 3.22. The van der Waals surface area contributed by atoms with Crippen molar-refractivity contribution in [2.75, 3.05) is 33.9 Å². The number of benzene rings is 1. The summed E-state index contributed by atoms with van der Waals surface area (Å²) >= 11 is 0. The maximum Gasteiger partial charge on any atom is 0.222 e. The van der Waals surface area contributed by atoms with Gasteiger partial charge in [-0.25, -0.2) is 0 Å². The highest BCUT2D eigenvalue weighted by Crippen LogP contribution is 2.25. The van der Waals surface area contributed by atoms with Crippen molar-refractivity contribution in [3.8, 4) is 11.5 Å². The largest absolute Gasteiger partial charge is 0.497 e. The van der Waals surface area contributed by atoms with Gasteiger partial charge in [0.2, 0.25) is 5.91 Å². The van der Waals surface area contributed by atoms with Crippen LogP contribution in [0.25, 0.3) is 0 Å². The molecule has 20 heavy (non-hydrogen) atoms. The van der Waals surface area contributed by atoms with Gasteiger partial charge in [0.1, 0.15) is 11.5 Å². The number of hydrogen-bond acceptors (Lipinski definition) is 4. The standard InChI is InChI=1S/C15H23NO4/c1-4-16(9-10-17)15(18)8-5-12-11-13(19-2)6-7-14(12)20-3/h6-7,11,17H,4-5,8-10H2,1-3H3. The first-order valence-electron chi connectivity index (χ1n) is 6.75. The zero-order valence-corrected chi connectivity index (χ0v) is 12.4. The summed E-state index contributed by atoms with van der Waals surface area (Å²) in [6.07, 6.45) is 0.971. The van der Waals surface area contributed by atoms with Gasteiger partial charge in [-0.1, -0.05) is 0 Å². The normalized spacial score (nSPS) is 10.2. The van der Waals surface area contributed by atoms with E-state index in [-0.39, 0.29) is 12.5 Å². The van der Waals surface area contributed by atoms with Gasteiger partial charge in [-0.2, -0.15) is 0 Å². The van der Waals surface area contributed by atoms with E-state index in [0.717, 1.165) is 17.1 Å². The fraction of sp³-hybridized carbons (Fsp3) is 0.533. The Morgan fingerprint density at radius 2 is 2.05 bits per heavy atom. The summed E-state index contributed by atoms with van der Waals surface area (Å²) in [5, 5.41) is 8.92. The van der Waals surface area contributed by atoms with Crippen molar-refractivity contribution in [3.05, 3.63) is 23.8 Å². The van der Waals surface area contributed by atoms with Gasteiger partial charge in [-0.15, -0.1) is 0 Å². The molecule has 0 aliphatic carbocycles. The van der Waals surface area contributed by atoms with E-state index in [4.69, 9.17) is 14.6 Å². The van der Waals surface area contributed by atoms with Gasteiger partial charge in [-0.3, -0.25) is 4.79 Å². The van der Waals surface area contributed by atoms with E-state index in [2.05, 4.69) is 0 Å². The number of likely N-dealkylation sites (N-methyl/N-ethyl adjacent to an activating group) is 1. The summed E-state index contributed by atoms with van der Waals surface area (Å²) in [5.41, 5.74) is 0.945. The molecule has 112 valence electrons. The highest BCUT2D eigenvalue weighted by Gasteiger charge is 2.13. The van der Waals surface area contributed by atoms with Gasteiger partial charge in [0.15, 0.2) is 0 Å². The average Bonchev–Trinajstić information content (AvgIpc) is 2.49. The van der Waals surface area contributed by atoms with Crippen molar-refractivity contribution in [3.63, 3.8) is 0 Å². The summed E-state index contributed by atoms with van der Waals surface area (Å²) in [6.45, 7) is 2.88. The molecule has 1 N–H and O–H groups in total. The van der Waals surface area contributed by atoms with Crippen molar-refractivity contribution in [2.45, 2.75) is 19.8 Å². The molecule has 1 aromatic carbocycles. The van der Waals surface area contributed by atoms with Crippen LogP contribution in [0, 0.1) is 0 Å². The van der Waals surface area contributed by atoms with E-state index < -0.39 is 0 Å². The Labute approximate surface area is 120 Å². The van der Waals surface area contributed by atoms with E-state index >= 15 is 0 Å². The smallest absolute Gasteiger partial charge is 0.222 e. The first-order chi connectivity index (χ1) is 9.65. The number of carbonyl (C=O) groups is 1. The molecule has 0 aliphatic rings. The molecule has 5 heteroatoms. The third-order valence-electron chi connectivity index (χ3n) is 3.20. The van der Waals surface area contributed by atoms with Crippen LogP contribution < -0.4 is 9.47 Å². The zero-order valence-electron chi connectivity index (χ0n) is 12.4. The molecule has 0 radical (unpaired) electrons. The van der Waals surface area contributed by atoms with E-state index in [1.54, 1.807) is 19.1 Å². The van der Waals surface area contributed by atoms with Crippen LogP contribution in [0.2, 0.25) is 0 Å². The lowest BCUT2D eigenvalue weighted by molar-refractivity contribution is -0.131. The molecule has 0 fully saturated rings. The second-order valence-corrected chi connectivity index (χ2v) is 4.37. The summed E-state index contributed by atoms with van der Waals surface area (Å²) in [6, 6.07) is 5.55. The molecule has 0 aromatic heterocycles. The second kappa shape index (κ2) is 8.43. The van der Waals surface area contributed by atoms with Gasteiger partial charge in [0, 0.05) is 19.5 Å². The van der Waals surface area contributed by atoms with Crippen molar-refractivity contribution < 1.29 is 19.4 Å². The highest BCUT2D eigenvalue weighted by atomic mass is 16.5. The molecule has 1 aromatic rings. The fourth-order valence-electron chi connectivity index (χ4n) is 2.06. The molecule has 1 amide bonds. The lowest BCUT2D eigenvalue weighted by atomic mass is 10.1. The Morgan fingerprint density at radius 3 is 2.60 bits per heavy atom. The number of ether oxygens (including phenoxy) is 2. The predicted octanol–water partition coefficient (Wildman–Crippen LogP) is 1.48. The number of aryl methyl sites for hydroxylation is 1. The van der Waals surface area contributed by atoms with Crippen LogP contribution in [-0.2, 0) is 11.2 Å². The molecule has 1 rings (SSSR count). The number of aliphatic hydroxyl groups is 1. The van der Waals surface area contributed by atoms with Crippen LogP contribution in [0.4, 0.5) is 0 Å². The topological polar surface area (TPSA) is 59.0 Å². The Kier molecular flexibility index (Phi) is 6.87. The molecular weight excluding hydrogens is 258 g/mol. The fourth-order valence-corrected chi connectivity index (χ4v) is 2.06. The molecule has 0 saturated carbocycles. The minimum absolute atomic E-state index is 0.0118. The Balaban J connectivity index is 2.70. The second-order valence-electron chi connectivity index (χ2n) is 4.37. The molecule has 0 aliphatic heterocycles. The minimum Gasteiger partial charge on any atom is -0.497 e. The lowest BCUT2D eigenvalue weighted by Crippen LogP contribution is -2.33. The Bertz CT molecular complexity index is 434. The van der Waals surface area contributed by atoms with E-state index in [0.29, 0.717) is 25.9 Å². The van der Waals surface area contributed by atoms with Crippen LogP contribution in [0.3, 0.4) is 0 Å². The number of hydrogen-bond donors (Lipinski definition) is 1. The third-order valence-corrected chi connectivity index (χ3v) is 3.20. The van der Waals surface area contributed by atoms with Crippen LogP contribution in [0.15, 0.2) is 18.2 Å². The quantitative estimate of drug-likeness (QED) is 0.784. The Morgan fingerprint density at radius 1 is 1.30 bits per heavy atom. The maximum atomic E-state index is 12.0. The number of methoxy groups -OCH3 is 2. The van der Waals surface area contributed by atoms with Crippen molar-refractivity contribution in [1.82, 2.24) is 4.90 Å². The van der Waals surface area contributed by atoms with E-state index in [1.807, 2.05) is 25.1 Å². The van der Waals surface area contributed by atoms with E-state index in [9.17, 15) is 4.79 Å². The molecule has 0 unspecified atom stereocenters. The molecule has 0 spiro atoms. The van der Waals surface area contributed by atoms with Gasteiger partial charge < -0.3 is 19.5 Å². The molecule has 0 atom stereocenters. The molecular formula is C15H23NO4. The monoisotopic (exact) mass is 281 g/mol. The van der Waals surface area contributed by atoms with Crippen LogP contribution in [0.5, 0.6) is 11.5 Å². The summed E-state index contributed by atoms with van der Waals surface area (Å²) in [4.78, 5) is 13.7. The number of aliphatic hydroxyl groups excluding tert-OH is 1. The average molecular weight is 281 g/mol. The Hall–Kier alpha value is -1.75. The number of nitrogens with zero attached hydrogens (tertiary/aromatic N) is 1. The highest BCUT2D eigenvalue weighted by molar-refractivity contribution is 5.76. The van der Waals surface area contributed by atoms with Gasteiger partial charge in [0.05, 0.1) is 20.8 Å². The zero-order chi connectivity index (χ0) is 15.0. The lowest BCUT2D eigenvalue weighted by Gasteiger charge is -2.20. The summed E-state index contributed by atoms with van der Waals surface area (Å²) in [5.74, 6) is 1.53. The van der Waals surface area contributed by atoms with Crippen molar-refractivity contribution in [2.24, 2.45) is 0 Å². The first kappa shape index (κ1) is 16.3. The molecule has 5 nitrogen and oxygen atoms in total. The minimum atomic E-state index is -0.0118. The first-order valence-corrected chi connectivity index (χ1v) is 6.75. The van der Waals surface area contributed by atoms with Crippen LogP contribution >= 0.6 is 0 Å². The third kappa shape index (κ3) is 4.42. The van der Waals surface area contributed by atoms with Gasteiger partial charge in [0.25, 0.3) is 0 Å². The van der Waals surface area contributed by atoms with Crippen LogP contribution in [-0.4, -0.2) is 49.8 Å². The SMILES string of the molecule is CCN(CCO)C(=O)CCc1cc(OC)ccc1OC. The van der Waals surface area contributed by atoms with Gasteiger partial charge in [-0.05, 0) is 37.1 Å². The number of amides is 1. The molecule has 0 heterocycles. The molecule has 0 saturated heterocycles. The molecule has 0 bridgehead atoms. The number of carbonyl (C=O) groups excluding carboxylic acids is 1. The number of rotatable bonds is 8.